The molecule has 0 saturated heterocycles. The lowest BCUT2D eigenvalue weighted by Gasteiger charge is -2.32. The predicted octanol–water partition coefficient (Wildman–Crippen LogP) is 10.4. The Morgan fingerprint density at radius 1 is 0.667 bits per heavy atom. The van der Waals surface area contributed by atoms with Gasteiger partial charge >= 0.3 is 5.97 Å². The molecule has 0 bridgehead atoms. The molecule has 1 aromatic carbocycles. The summed E-state index contributed by atoms with van der Waals surface area (Å²) in [7, 11) is 0. The molecule has 0 aliphatic rings. The van der Waals surface area contributed by atoms with Gasteiger partial charge in [-0.3, -0.25) is 0 Å². The molecule has 0 radical (unpaired) electrons. The van der Waals surface area contributed by atoms with Crippen LogP contribution in [0.5, 0.6) is 5.75 Å². The molecule has 208 valence electrons. The summed E-state index contributed by atoms with van der Waals surface area (Å²) in [6, 6.07) is 3.81. The number of phenols is 1. The van der Waals surface area contributed by atoms with Crippen LogP contribution >= 0.6 is 0 Å². The highest BCUT2D eigenvalue weighted by Crippen LogP contribution is 2.43. The van der Waals surface area contributed by atoms with E-state index < -0.39 is 0 Å². The van der Waals surface area contributed by atoms with Crippen molar-refractivity contribution in [3.8, 4) is 5.75 Å². The fraction of sp³-hybridized carbons (Fsp3) is 0.788. The Hall–Kier alpha value is -1.51. The molecule has 0 aliphatic heterocycles. The summed E-state index contributed by atoms with van der Waals surface area (Å²) < 4.78 is 5.72. The highest BCUT2D eigenvalue weighted by molar-refractivity contribution is 5.90. The monoisotopic (exact) mass is 502 g/mol. The molecule has 0 unspecified atom stereocenters. The first-order valence-corrected chi connectivity index (χ1v) is 15.2. The van der Waals surface area contributed by atoms with E-state index in [0.717, 1.165) is 49.7 Å². The van der Waals surface area contributed by atoms with Crippen molar-refractivity contribution < 1.29 is 14.6 Å². The molecule has 0 amide bonds. The van der Waals surface area contributed by atoms with Gasteiger partial charge in [0.25, 0.3) is 0 Å². The molecular weight excluding hydrogens is 444 g/mol. The summed E-state index contributed by atoms with van der Waals surface area (Å²) in [5, 5.41) is 11.5. The minimum absolute atomic E-state index is 0.207. The molecular formula is C33H58O3. The van der Waals surface area contributed by atoms with Gasteiger partial charge in [-0.1, -0.05) is 132 Å². The number of ether oxygens (including phenoxy) is 1. The predicted molar refractivity (Wildman–Crippen MR) is 155 cm³/mol. The maximum atomic E-state index is 13.1. The van der Waals surface area contributed by atoms with E-state index in [-0.39, 0.29) is 16.8 Å². The summed E-state index contributed by atoms with van der Waals surface area (Å²) in [4.78, 5) is 13.1. The topological polar surface area (TPSA) is 46.5 Å². The molecule has 36 heavy (non-hydrogen) atoms. The van der Waals surface area contributed by atoms with Crippen molar-refractivity contribution in [3.63, 3.8) is 0 Å². The molecule has 0 spiro atoms. The highest BCUT2D eigenvalue weighted by Gasteiger charge is 2.32. The Bertz CT molecular complexity index is 704. The zero-order valence-electron chi connectivity index (χ0n) is 24.9. The van der Waals surface area contributed by atoms with Gasteiger partial charge < -0.3 is 9.84 Å². The molecule has 3 nitrogen and oxygen atoms in total. The van der Waals surface area contributed by atoms with Gasteiger partial charge in [0.05, 0.1) is 12.2 Å². The maximum absolute atomic E-state index is 13.1. The summed E-state index contributed by atoms with van der Waals surface area (Å²) in [5.41, 5.74) is 1.95. The number of benzene rings is 1. The van der Waals surface area contributed by atoms with Crippen LogP contribution in [0.4, 0.5) is 0 Å². The van der Waals surface area contributed by atoms with Crippen molar-refractivity contribution in [1.29, 1.82) is 0 Å². The second-order valence-corrected chi connectivity index (χ2v) is 12.2. The Morgan fingerprint density at radius 3 is 1.50 bits per heavy atom. The summed E-state index contributed by atoms with van der Waals surface area (Å²) >= 11 is 0. The molecule has 0 fully saturated rings. The van der Waals surface area contributed by atoms with Crippen LogP contribution < -0.4 is 0 Å². The van der Waals surface area contributed by atoms with Gasteiger partial charge in [0.2, 0.25) is 0 Å². The standard InChI is InChI=1S/C33H58O3/c1-8-11-14-15-16-17-18-21-24-36-31(35)27-25-28(32(4,5)22-19-12-9-2)30(34)29(26-27)33(6,7)23-20-13-10-3/h25-26,34H,8-24H2,1-7H3. The SMILES string of the molecule is CCCCCCCCCCOC(=O)c1cc(C(C)(C)CCCCC)c(O)c(C(C)(C)CCCCC)c1. The number of aromatic hydroxyl groups is 1. The van der Waals surface area contributed by atoms with Gasteiger partial charge in [0.1, 0.15) is 5.75 Å². The molecule has 0 heterocycles. The number of phenolic OH excluding ortho intramolecular Hbond substituents is 1. The zero-order chi connectivity index (χ0) is 27.0. The van der Waals surface area contributed by atoms with Crippen molar-refractivity contribution >= 4 is 5.97 Å². The molecule has 0 aromatic heterocycles. The summed E-state index contributed by atoms with van der Waals surface area (Å²) in [6.07, 6.45) is 18.7. The first kappa shape index (κ1) is 32.5. The number of hydrogen-bond donors (Lipinski definition) is 1. The maximum Gasteiger partial charge on any atom is 0.338 e. The molecule has 1 aromatic rings. The van der Waals surface area contributed by atoms with Crippen LogP contribution in [0.2, 0.25) is 0 Å². The van der Waals surface area contributed by atoms with Crippen molar-refractivity contribution in [2.24, 2.45) is 0 Å². The van der Waals surface area contributed by atoms with Gasteiger partial charge in [-0.15, -0.1) is 0 Å². The average molecular weight is 503 g/mol. The largest absolute Gasteiger partial charge is 0.507 e. The molecule has 0 atom stereocenters. The van der Waals surface area contributed by atoms with Crippen LogP contribution in [-0.2, 0) is 15.6 Å². The van der Waals surface area contributed by atoms with Gasteiger partial charge in [-0.05, 0) is 42.2 Å². The van der Waals surface area contributed by atoms with Gasteiger partial charge in [0, 0.05) is 11.1 Å². The van der Waals surface area contributed by atoms with Crippen LogP contribution in [0.3, 0.4) is 0 Å². The molecule has 0 saturated carbocycles. The van der Waals surface area contributed by atoms with Crippen LogP contribution in [0.25, 0.3) is 0 Å². The third-order valence-corrected chi connectivity index (χ3v) is 7.85. The van der Waals surface area contributed by atoms with Crippen molar-refractivity contribution in [1.82, 2.24) is 0 Å². The second-order valence-electron chi connectivity index (χ2n) is 12.2. The van der Waals surface area contributed by atoms with E-state index in [2.05, 4.69) is 48.5 Å². The van der Waals surface area contributed by atoms with Gasteiger partial charge in [-0.2, -0.15) is 0 Å². The number of esters is 1. The van der Waals surface area contributed by atoms with Crippen LogP contribution in [0, 0.1) is 0 Å². The Balaban J connectivity index is 3.00. The Labute approximate surface area is 223 Å². The number of carbonyl (C=O) groups is 1. The van der Waals surface area contributed by atoms with Crippen LogP contribution in [0.15, 0.2) is 12.1 Å². The van der Waals surface area contributed by atoms with E-state index in [1.165, 1.54) is 64.2 Å². The first-order chi connectivity index (χ1) is 17.1. The van der Waals surface area contributed by atoms with E-state index in [0.29, 0.717) is 17.9 Å². The lowest BCUT2D eigenvalue weighted by atomic mass is 9.73. The van der Waals surface area contributed by atoms with Crippen LogP contribution in [-0.4, -0.2) is 17.7 Å². The summed E-state index contributed by atoms with van der Waals surface area (Å²) in [5.74, 6) is 0.117. The lowest BCUT2D eigenvalue weighted by Crippen LogP contribution is -2.23. The zero-order valence-corrected chi connectivity index (χ0v) is 24.9. The molecule has 3 heteroatoms. The Morgan fingerprint density at radius 2 is 1.06 bits per heavy atom. The fourth-order valence-electron chi connectivity index (χ4n) is 5.17. The average Bonchev–Trinajstić information content (AvgIpc) is 2.83. The normalized spacial score (nSPS) is 12.2. The minimum Gasteiger partial charge on any atom is -0.507 e. The quantitative estimate of drug-likeness (QED) is 0.142. The lowest BCUT2D eigenvalue weighted by molar-refractivity contribution is 0.0497. The van der Waals surface area contributed by atoms with E-state index in [1.807, 2.05) is 12.1 Å². The summed E-state index contributed by atoms with van der Waals surface area (Å²) in [6.45, 7) is 15.9. The van der Waals surface area contributed by atoms with Gasteiger partial charge in [-0.25, -0.2) is 4.79 Å². The third kappa shape index (κ3) is 11.3. The number of hydrogen-bond acceptors (Lipinski definition) is 3. The highest BCUT2D eigenvalue weighted by atomic mass is 16.5. The van der Waals surface area contributed by atoms with E-state index in [4.69, 9.17) is 4.74 Å². The first-order valence-electron chi connectivity index (χ1n) is 15.2. The number of unbranched alkanes of at least 4 members (excludes halogenated alkanes) is 11. The second kappa shape index (κ2) is 17.1. The molecule has 0 aliphatic carbocycles. The fourth-order valence-corrected chi connectivity index (χ4v) is 5.17. The minimum atomic E-state index is -0.255. The number of rotatable bonds is 20. The van der Waals surface area contributed by atoms with Gasteiger partial charge in [0.15, 0.2) is 0 Å². The van der Waals surface area contributed by atoms with Crippen molar-refractivity contribution in [2.75, 3.05) is 6.61 Å². The van der Waals surface area contributed by atoms with E-state index >= 15 is 0 Å². The smallest absolute Gasteiger partial charge is 0.338 e. The van der Waals surface area contributed by atoms with Crippen molar-refractivity contribution in [2.45, 2.75) is 162 Å². The third-order valence-electron chi connectivity index (χ3n) is 7.85. The molecule has 1 rings (SSSR count). The number of carbonyl (C=O) groups excluding carboxylic acids is 1. The Kier molecular flexibility index (Phi) is 15.4. The molecule has 1 N–H and O–H groups in total. The van der Waals surface area contributed by atoms with Crippen molar-refractivity contribution in [3.05, 3.63) is 28.8 Å². The van der Waals surface area contributed by atoms with E-state index in [9.17, 15) is 9.90 Å². The van der Waals surface area contributed by atoms with Crippen LogP contribution in [0.1, 0.15) is 173 Å². The van der Waals surface area contributed by atoms with E-state index in [1.54, 1.807) is 0 Å².